The van der Waals surface area contributed by atoms with Crippen molar-refractivity contribution in [1.29, 1.82) is 0 Å². The second-order valence-electron chi connectivity index (χ2n) is 14.0. The molecule has 2 aromatic rings. The van der Waals surface area contributed by atoms with E-state index in [-0.39, 0.29) is 22.8 Å². The third kappa shape index (κ3) is 4.50. The highest BCUT2D eigenvalue weighted by Crippen LogP contribution is 2.71. The summed E-state index contributed by atoms with van der Waals surface area (Å²) in [7, 11) is -2.06. The van der Waals surface area contributed by atoms with Gasteiger partial charge >= 0.3 is 0 Å². The van der Waals surface area contributed by atoms with Gasteiger partial charge < -0.3 is 14.6 Å². The maximum atomic E-state index is 12.8. The number of hydrogen-bond donors (Lipinski definition) is 2. The molecule has 0 aliphatic heterocycles. The molecule has 4 aliphatic rings. The van der Waals surface area contributed by atoms with Gasteiger partial charge in [-0.05, 0) is 46.8 Å². The van der Waals surface area contributed by atoms with E-state index in [2.05, 4.69) is 89.3 Å². The van der Waals surface area contributed by atoms with Gasteiger partial charge in [-0.2, -0.15) is 0 Å². The van der Waals surface area contributed by atoms with Crippen LogP contribution in [0.1, 0.15) is 107 Å². The molecule has 2 aromatic carbocycles. The molecule has 4 heteroatoms. The number of aliphatic hydroxyl groups excluding tert-OH is 1. The minimum atomic E-state index is -2.06. The molecule has 2 bridgehead atoms. The Labute approximate surface area is 237 Å². The van der Waals surface area contributed by atoms with Gasteiger partial charge in [0.05, 0.1) is 11.7 Å². The van der Waals surface area contributed by atoms with E-state index in [1.807, 2.05) is 12.2 Å². The summed E-state index contributed by atoms with van der Waals surface area (Å²) in [6.45, 7) is 14.3. The number of rotatable bonds is 10. The fourth-order valence-corrected chi connectivity index (χ4v) is 8.91. The molecule has 1 spiro atoms. The highest BCUT2D eigenvalue weighted by molar-refractivity contribution is 6.74. The van der Waals surface area contributed by atoms with E-state index >= 15 is 0 Å². The number of unbranched alkanes of at least 4 members (excludes halogenated alkanes) is 5. The predicted octanol–water partition coefficient (Wildman–Crippen LogP) is 8.31. The van der Waals surface area contributed by atoms with Crippen LogP contribution in [-0.2, 0) is 4.43 Å². The molecule has 6 rings (SSSR count). The van der Waals surface area contributed by atoms with Crippen LogP contribution in [0.15, 0.2) is 60.7 Å². The van der Waals surface area contributed by atoms with Crippen molar-refractivity contribution >= 4 is 8.32 Å². The Balaban J connectivity index is 1.62. The lowest BCUT2D eigenvalue weighted by molar-refractivity contribution is -0.156. The monoisotopic (exact) mass is 546 g/mol. The van der Waals surface area contributed by atoms with Crippen molar-refractivity contribution in [3.63, 3.8) is 0 Å². The highest BCUT2D eigenvalue weighted by Gasteiger charge is 2.70. The number of aliphatic hydroxyl groups is 2. The van der Waals surface area contributed by atoms with E-state index in [0.717, 1.165) is 12.8 Å². The quantitative estimate of drug-likeness (QED) is 0.179. The van der Waals surface area contributed by atoms with Crippen molar-refractivity contribution in [3.05, 3.63) is 82.9 Å². The number of hydrogen-bond acceptors (Lipinski definition) is 3. The topological polar surface area (TPSA) is 49.7 Å². The molecule has 39 heavy (non-hydrogen) atoms. The van der Waals surface area contributed by atoms with Crippen LogP contribution in [0, 0.1) is 11.3 Å². The molecular weight excluding hydrogens is 496 g/mol. The van der Waals surface area contributed by atoms with Gasteiger partial charge in [0, 0.05) is 29.8 Å². The lowest BCUT2D eigenvalue weighted by Crippen LogP contribution is -2.65. The third-order valence-electron chi connectivity index (χ3n) is 10.9. The Morgan fingerprint density at radius 3 is 1.95 bits per heavy atom. The van der Waals surface area contributed by atoms with Gasteiger partial charge in [0.2, 0.25) is 0 Å². The molecule has 0 aromatic heterocycles. The summed E-state index contributed by atoms with van der Waals surface area (Å²) in [6, 6.07) is 17.6. The van der Waals surface area contributed by atoms with E-state index in [1.165, 1.54) is 47.9 Å². The first-order valence-corrected chi connectivity index (χ1v) is 18.3. The summed E-state index contributed by atoms with van der Waals surface area (Å²) >= 11 is 0. The minimum Gasteiger partial charge on any atom is -0.416 e. The largest absolute Gasteiger partial charge is 0.416 e. The fourth-order valence-electron chi connectivity index (χ4n) is 7.88. The van der Waals surface area contributed by atoms with Crippen LogP contribution in [0.2, 0.25) is 18.1 Å². The van der Waals surface area contributed by atoms with Crippen LogP contribution >= 0.6 is 0 Å². The number of benzene rings is 2. The van der Waals surface area contributed by atoms with Crippen molar-refractivity contribution < 1.29 is 14.6 Å². The highest BCUT2D eigenvalue weighted by atomic mass is 28.4. The van der Waals surface area contributed by atoms with Gasteiger partial charge in [-0.25, -0.2) is 0 Å². The Kier molecular flexibility index (Phi) is 7.82. The normalized spacial score (nSPS) is 31.1. The lowest BCUT2D eigenvalue weighted by atomic mass is 9.42. The van der Waals surface area contributed by atoms with Crippen molar-refractivity contribution in [2.75, 3.05) is 6.61 Å². The summed E-state index contributed by atoms with van der Waals surface area (Å²) in [5.41, 5.74) is 3.38. The molecule has 0 heterocycles. The molecule has 0 fully saturated rings. The Bertz CT molecular complexity index is 1150. The predicted molar refractivity (Wildman–Crippen MR) is 164 cm³/mol. The summed E-state index contributed by atoms with van der Waals surface area (Å²) < 4.78 is 7.00. The van der Waals surface area contributed by atoms with Crippen molar-refractivity contribution in [2.24, 2.45) is 11.3 Å². The second-order valence-corrected chi connectivity index (χ2v) is 18.8. The van der Waals surface area contributed by atoms with Crippen molar-refractivity contribution in [1.82, 2.24) is 0 Å². The van der Waals surface area contributed by atoms with Gasteiger partial charge in [0.1, 0.15) is 0 Å². The van der Waals surface area contributed by atoms with Crippen LogP contribution in [0.3, 0.4) is 0 Å². The standard InChI is InChI=1S/C35H50O3Si/c1-7-8-9-10-11-16-22-34(37)23-21-30(36)35(34)29(24-38-39(5,6)33(2,3)4)31-25-17-12-14-19-27(25)32(35)28-20-15-13-18-26(28)31/h12-15,17-21,23,29-32,36-37H,7-11,16,22,24H2,1-6H3/t29-,30-,31?,32?,34-,35-/m0/s1. The van der Waals surface area contributed by atoms with Crippen LogP contribution in [0.4, 0.5) is 0 Å². The van der Waals surface area contributed by atoms with E-state index in [9.17, 15) is 10.2 Å². The van der Waals surface area contributed by atoms with Gasteiger partial charge in [0.25, 0.3) is 0 Å². The van der Waals surface area contributed by atoms with Crippen molar-refractivity contribution in [3.8, 4) is 0 Å². The first-order valence-electron chi connectivity index (χ1n) is 15.4. The summed E-state index contributed by atoms with van der Waals surface area (Å²) in [5.74, 6) is -0.0349. The molecule has 2 N–H and O–H groups in total. The van der Waals surface area contributed by atoms with E-state index in [4.69, 9.17) is 4.43 Å². The second kappa shape index (κ2) is 10.6. The van der Waals surface area contributed by atoms with Crippen LogP contribution < -0.4 is 0 Å². The SMILES string of the molecule is CCCCCCCC[C@]1(O)C=C[C@H](O)[C@@]12C1c3ccccc3C(c3ccccc31)[C@@H]2CO[Si](C)(C)C(C)(C)C. The molecule has 3 nitrogen and oxygen atoms in total. The molecule has 0 radical (unpaired) electrons. The maximum absolute atomic E-state index is 12.8. The Morgan fingerprint density at radius 1 is 0.846 bits per heavy atom. The molecule has 212 valence electrons. The zero-order valence-corrected chi connectivity index (χ0v) is 26.0. The van der Waals surface area contributed by atoms with Crippen LogP contribution in [0.5, 0.6) is 0 Å². The van der Waals surface area contributed by atoms with E-state index in [0.29, 0.717) is 13.0 Å². The Morgan fingerprint density at radius 2 is 1.38 bits per heavy atom. The zero-order valence-electron chi connectivity index (χ0n) is 25.0. The lowest BCUT2D eigenvalue weighted by Gasteiger charge is -2.63. The Hall–Kier alpha value is -1.72. The van der Waals surface area contributed by atoms with Gasteiger partial charge in [-0.15, -0.1) is 0 Å². The molecule has 0 saturated carbocycles. The van der Waals surface area contributed by atoms with Gasteiger partial charge in [0.15, 0.2) is 8.32 Å². The summed E-state index contributed by atoms with van der Waals surface area (Å²) in [6.07, 6.45) is 10.9. The molecule has 0 amide bonds. The van der Waals surface area contributed by atoms with Crippen molar-refractivity contribution in [2.45, 2.75) is 114 Å². The summed E-state index contributed by atoms with van der Waals surface area (Å²) in [4.78, 5) is 0. The van der Waals surface area contributed by atoms with Crippen LogP contribution in [-0.4, -0.2) is 36.8 Å². The van der Waals surface area contributed by atoms with E-state index < -0.39 is 25.4 Å². The van der Waals surface area contributed by atoms with E-state index in [1.54, 1.807) is 0 Å². The first-order chi connectivity index (χ1) is 18.5. The molecule has 0 unspecified atom stereocenters. The summed E-state index contributed by atoms with van der Waals surface area (Å²) in [5, 5.41) is 24.9. The molecule has 0 saturated heterocycles. The minimum absolute atomic E-state index is 0.0310. The maximum Gasteiger partial charge on any atom is 0.191 e. The molecule has 4 aliphatic carbocycles. The third-order valence-corrected chi connectivity index (χ3v) is 15.4. The van der Waals surface area contributed by atoms with Gasteiger partial charge in [-0.3, -0.25) is 0 Å². The smallest absolute Gasteiger partial charge is 0.191 e. The molecular formula is C35H50O3Si. The average Bonchev–Trinajstić information content (AvgIpc) is 3.15. The van der Waals surface area contributed by atoms with Crippen LogP contribution in [0.25, 0.3) is 0 Å². The molecule has 4 atom stereocenters. The average molecular weight is 547 g/mol. The fraction of sp³-hybridized carbons (Fsp3) is 0.600. The van der Waals surface area contributed by atoms with Gasteiger partial charge in [-0.1, -0.05) is 127 Å². The zero-order chi connectivity index (χ0) is 28.1. The first kappa shape index (κ1) is 28.8.